The number of fused-ring (bicyclic) bond motifs is 1. The molecule has 1 fully saturated rings. The van der Waals surface area contributed by atoms with Gasteiger partial charge in [-0.15, -0.1) is 0 Å². The van der Waals surface area contributed by atoms with E-state index in [1.165, 1.54) is 0 Å². The Morgan fingerprint density at radius 2 is 2.00 bits per heavy atom. The van der Waals surface area contributed by atoms with Crippen LogP contribution in [0.15, 0.2) is 34.9 Å². The van der Waals surface area contributed by atoms with Crippen LogP contribution in [0.3, 0.4) is 0 Å². The maximum Gasteiger partial charge on any atom is 0.404 e. The molecular weight excluding hydrogens is 350 g/mol. The predicted octanol–water partition coefficient (Wildman–Crippen LogP) is 2.98. The van der Waals surface area contributed by atoms with Gasteiger partial charge in [0.25, 0.3) is 0 Å². The van der Waals surface area contributed by atoms with Crippen LogP contribution in [-0.4, -0.2) is 28.1 Å². The van der Waals surface area contributed by atoms with Gasteiger partial charge in [0.1, 0.15) is 5.82 Å². The van der Waals surface area contributed by atoms with E-state index in [0.29, 0.717) is 18.7 Å². The van der Waals surface area contributed by atoms with Crippen LogP contribution in [0.2, 0.25) is 0 Å². The first-order valence-corrected chi connectivity index (χ1v) is 7.66. The van der Waals surface area contributed by atoms with Gasteiger partial charge in [-0.3, -0.25) is 4.79 Å². The fourth-order valence-corrected chi connectivity index (χ4v) is 2.91. The molecule has 0 spiro atoms. The zero-order valence-electron chi connectivity index (χ0n) is 11.5. The first-order chi connectivity index (χ1) is 10.5. The fraction of sp³-hybridized carbons (Fsp3) is 0.267. The third-order valence-corrected chi connectivity index (χ3v) is 4.26. The van der Waals surface area contributed by atoms with Crippen molar-refractivity contribution in [2.45, 2.75) is 18.9 Å². The molecule has 1 aromatic heterocycles. The van der Waals surface area contributed by atoms with Crippen molar-refractivity contribution in [3.8, 4) is 0 Å². The molecule has 1 aliphatic rings. The minimum absolute atomic E-state index is 0.120. The lowest BCUT2D eigenvalue weighted by Crippen LogP contribution is -2.47. The van der Waals surface area contributed by atoms with E-state index >= 15 is 0 Å². The summed E-state index contributed by atoms with van der Waals surface area (Å²) >= 11 is 3.41. The van der Waals surface area contributed by atoms with Crippen LogP contribution in [0.4, 0.5) is 10.6 Å². The topological polar surface area (TPSA) is 91.3 Å². The van der Waals surface area contributed by atoms with Crippen molar-refractivity contribution in [3.63, 3.8) is 0 Å². The minimum atomic E-state index is -1.05. The monoisotopic (exact) mass is 363 g/mol. The van der Waals surface area contributed by atoms with Crippen LogP contribution in [0.1, 0.15) is 12.8 Å². The molecule has 0 bridgehead atoms. The highest BCUT2D eigenvalue weighted by atomic mass is 79.9. The van der Waals surface area contributed by atoms with E-state index in [1.807, 2.05) is 24.3 Å². The number of anilines is 1. The van der Waals surface area contributed by atoms with Crippen LogP contribution in [0.25, 0.3) is 10.8 Å². The summed E-state index contributed by atoms with van der Waals surface area (Å²) in [6.07, 6.45) is 1.72. The summed E-state index contributed by atoms with van der Waals surface area (Å²) < 4.78 is 0.963. The van der Waals surface area contributed by atoms with Crippen molar-refractivity contribution in [2.24, 2.45) is 5.92 Å². The summed E-state index contributed by atoms with van der Waals surface area (Å²) in [5, 5.41) is 15.8. The Kier molecular flexibility index (Phi) is 3.98. The Hall–Kier alpha value is -2.15. The van der Waals surface area contributed by atoms with Gasteiger partial charge in [-0.05, 0) is 36.4 Å². The van der Waals surface area contributed by atoms with Gasteiger partial charge in [-0.1, -0.05) is 22.0 Å². The van der Waals surface area contributed by atoms with Crippen molar-refractivity contribution < 1.29 is 14.7 Å². The Morgan fingerprint density at radius 3 is 2.73 bits per heavy atom. The number of rotatable bonds is 3. The van der Waals surface area contributed by atoms with Crippen molar-refractivity contribution in [2.75, 3.05) is 5.32 Å². The third kappa shape index (κ3) is 3.19. The molecule has 3 N–H and O–H groups in total. The van der Waals surface area contributed by atoms with Gasteiger partial charge in [0.15, 0.2) is 0 Å². The van der Waals surface area contributed by atoms with E-state index in [4.69, 9.17) is 5.11 Å². The molecule has 1 aliphatic carbocycles. The molecule has 7 heteroatoms. The largest absolute Gasteiger partial charge is 0.465 e. The van der Waals surface area contributed by atoms with Crippen molar-refractivity contribution in [1.29, 1.82) is 0 Å². The Balaban J connectivity index is 1.64. The molecule has 0 aliphatic heterocycles. The SMILES string of the molecule is O=C(O)NC1CC(C(=O)Nc2cc3cc(Br)ccc3cn2)C1. The maximum absolute atomic E-state index is 12.1. The predicted molar refractivity (Wildman–Crippen MR) is 85.7 cm³/mol. The number of aromatic nitrogens is 1. The second kappa shape index (κ2) is 5.92. The van der Waals surface area contributed by atoms with E-state index in [0.717, 1.165) is 15.2 Å². The highest BCUT2D eigenvalue weighted by Crippen LogP contribution is 2.29. The molecule has 0 saturated heterocycles. The zero-order chi connectivity index (χ0) is 15.7. The number of amides is 2. The average molecular weight is 364 g/mol. The molecule has 114 valence electrons. The molecule has 2 aromatic rings. The molecule has 22 heavy (non-hydrogen) atoms. The maximum atomic E-state index is 12.1. The molecule has 1 heterocycles. The van der Waals surface area contributed by atoms with Crippen LogP contribution in [0.5, 0.6) is 0 Å². The van der Waals surface area contributed by atoms with Crippen LogP contribution in [0, 0.1) is 5.92 Å². The number of carboxylic acid groups (broad SMARTS) is 1. The quantitative estimate of drug-likeness (QED) is 0.781. The highest BCUT2D eigenvalue weighted by molar-refractivity contribution is 9.10. The van der Waals surface area contributed by atoms with Gasteiger partial charge in [0, 0.05) is 28.0 Å². The molecule has 6 nitrogen and oxygen atoms in total. The molecular formula is C15H14BrN3O3. The van der Waals surface area contributed by atoms with E-state index in [1.54, 1.807) is 6.20 Å². The summed E-state index contributed by atoms with van der Waals surface area (Å²) in [5.41, 5.74) is 0. The van der Waals surface area contributed by atoms with Gasteiger partial charge >= 0.3 is 6.09 Å². The second-order valence-corrected chi connectivity index (χ2v) is 6.28. The van der Waals surface area contributed by atoms with E-state index in [9.17, 15) is 9.59 Å². The number of carbonyl (C=O) groups excluding carboxylic acids is 1. The van der Waals surface area contributed by atoms with E-state index in [2.05, 4.69) is 31.5 Å². The number of benzene rings is 1. The van der Waals surface area contributed by atoms with Crippen molar-refractivity contribution in [3.05, 3.63) is 34.9 Å². The van der Waals surface area contributed by atoms with Crippen LogP contribution < -0.4 is 10.6 Å². The Bertz CT molecular complexity index is 744. The Labute approximate surface area is 135 Å². The van der Waals surface area contributed by atoms with Gasteiger partial charge in [0.05, 0.1) is 0 Å². The number of nitrogens with zero attached hydrogens (tertiary/aromatic N) is 1. The lowest BCUT2D eigenvalue weighted by atomic mass is 9.79. The lowest BCUT2D eigenvalue weighted by Gasteiger charge is -2.33. The normalized spacial score (nSPS) is 20.2. The number of pyridine rings is 1. The molecule has 0 atom stereocenters. The van der Waals surface area contributed by atoms with Crippen molar-refractivity contribution in [1.82, 2.24) is 10.3 Å². The summed E-state index contributed by atoms with van der Waals surface area (Å²) in [4.78, 5) is 26.8. The summed E-state index contributed by atoms with van der Waals surface area (Å²) in [5.74, 6) is 0.215. The smallest absolute Gasteiger partial charge is 0.404 e. The first-order valence-electron chi connectivity index (χ1n) is 6.87. The number of halogens is 1. The minimum Gasteiger partial charge on any atom is -0.465 e. The highest BCUT2D eigenvalue weighted by Gasteiger charge is 2.35. The molecule has 0 unspecified atom stereocenters. The third-order valence-electron chi connectivity index (χ3n) is 3.77. The molecule has 3 rings (SSSR count). The fourth-order valence-electron chi connectivity index (χ4n) is 2.53. The molecule has 2 amide bonds. The molecule has 0 radical (unpaired) electrons. The van der Waals surface area contributed by atoms with Gasteiger partial charge in [-0.2, -0.15) is 0 Å². The van der Waals surface area contributed by atoms with Crippen molar-refractivity contribution >= 4 is 44.5 Å². The molecule has 1 aromatic carbocycles. The summed E-state index contributed by atoms with van der Waals surface area (Å²) in [6.45, 7) is 0. The summed E-state index contributed by atoms with van der Waals surface area (Å²) in [7, 11) is 0. The summed E-state index contributed by atoms with van der Waals surface area (Å²) in [6, 6.07) is 7.54. The van der Waals surface area contributed by atoms with Gasteiger partial charge in [-0.25, -0.2) is 9.78 Å². The van der Waals surface area contributed by atoms with E-state index in [-0.39, 0.29) is 17.9 Å². The standard InChI is InChI=1S/C15H14BrN3O3/c16-11-2-1-8-7-17-13(6-9(8)3-11)19-14(20)10-4-12(5-10)18-15(21)22/h1-3,6-7,10,12,18H,4-5H2,(H,21,22)(H,17,19,20). The number of nitrogens with one attached hydrogen (secondary N) is 2. The Morgan fingerprint density at radius 1 is 1.23 bits per heavy atom. The number of carbonyl (C=O) groups is 2. The van der Waals surface area contributed by atoms with Gasteiger partial charge in [0.2, 0.25) is 5.91 Å². The average Bonchev–Trinajstić information content (AvgIpc) is 2.41. The number of hydrogen-bond acceptors (Lipinski definition) is 3. The first kappa shape index (κ1) is 14.8. The molecule has 1 saturated carbocycles. The zero-order valence-corrected chi connectivity index (χ0v) is 13.1. The van der Waals surface area contributed by atoms with Crippen LogP contribution >= 0.6 is 15.9 Å². The lowest BCUT2D eigenvalue weighted by molar-refractivity contribution is -0.122. The van der Waals surface area contributed by atoms with Crippen LogP contribution in [-0.2, 0) is 4.79 Å². The number of hydrogen-bond donors (Lipinski definition) is 3. The second-order valence-electron chi connectivity index (χ2n) is 5.37. The van der Waals surface area contributed by atoms with E-state index < -0.39 is 6.09 Å². The van der Waals surface area contributed by atoms with Gasteiger partial charge < -0.3 is 15.7 Å².